The fourth-order valence-electron chi connectivity index (χ4n) is 5.02. The van der Waals surface area contributed by atoms with Crippen LogP contribution in [0.4, 0.5) is 21.5 Å². The zero-order valence-corrected chi connectivity index (χ0v) is 24.3. The molecular formula is C32H33FN4O4S. The van der Waals surface area contributed by atoms with Crippen molar-refractivity contribution in [2.45, 2.75) is 17.9 Å². The lowest BCUT2D eigenvalue weighted by Crippen LogP contribution is -2.47. The summed E-state index contributed by atoms with van der Waals surface area (Å²) in [5.41, 5.74) is 2.53. The molecule has 1 aliphatic rings. The number of nitrogens with one attached hydrogen (secondary N) is 2. The molecule has 10 heteroatoms. The zero-order chi connectivity index (χ0) is 29.7. The van der Waals surface area contributed by atoms with Crippen molar-refractivity contribution in [3.63, 3.8) is 0 Å². The molecule has 0 saturated carbocycles. The number of benzene rings is 4. The Labute approximate surface area is 245 Å². The number of sulfonamides is 1. The Bertz CT molecular complexity index is 1640. The van der Waals surface area contributed by atoms with E-state index in [2.05, 4.69) is 14.9 Å². The molecule has 8 nitrogen and oxygen atoms in total. The molecule has 2 N–H and O–H groups in total. The first-order valence-corrected chi connectivity index (χ1v) is 15.1. The molecule has 0 spiro atoms. The molecule has 1 atom stereocenters. The van der Waals surface area contributed by atoms with Crippen LogP contribution in [0.15, 0.2) is 102 Å². The Kier molecular flexibility index (Phi) is 8.75. The zero-order valence-electron chi connectivity index (χ0n) is 23.5. The third kappa shape index (κ3) is 6.56. The van der Waals surface area contributed by atoms with E-state index in [1.54, 1.807) is 32.2 Å². The van der Waals surface area contributed by atoms with Crippen molar-refractivity contribution in [1.29, 1.82) is 0 Å². The van der Waals surface area contributed by atoms with Crippen LogP contribution in [0.1, 0.15) is 28.9 Å². The van der Waals surface area contributed by atoms with Crippen molar-refractivity contribution < 1.29 is 22.3 Å². The molecule has 5 rings (SSSR count). The molecule has 0 unspecified atom stereocenters. The Morgan fingerprint density at radius 1 is 0.857 bits per heavy atom. The number of halogens is 1. The van der Waals surface area contributed by atoms with Crippen molar-refractivity contribution in [2.75, 3.05) is 48.4 Å². The highest BCUT2D eigenvalue weighted by molar-refractivity contribution is 7.89. The molecule has 1 heterocycles. The van der Waals surface area contributed by atoms with Crippen LogP contribution >= 0.6 is 0 Å². The lowest BCUT2D eigenvalue weighted by molar-refractivity contribution is 0.102. The number of amides is 1. The van der Waals surface area contributed by atoms with Gasteiger partial charge in [-0.3, -0.25) is 4.79 Å². The molecule has 1 fully saturated rings. The fourth-order valence-corrected chi connectivity index (χ4v) is 6.50. The number of hydrogen-bond donors (Lipinski definition) is 2. The highest BCUT2D eigenvalue weighted by Crippen LogP contribution is 2.32. The predicted octanol–water partition coefficient (Wildman–Crippen LogP) is 5.45. The molecule has 1 saturated heterocycles. The first-order valence-electron chi connectivity index (χ1n) is 13.7. The van der Waals surface area contributed by atoms with E-state index in [1.165, 1.54) is 24.3 Å². The predicted molar refractivity (Wildman–Crippen MR) is 163 cm³/mol. The van der Waals surface area contributed by atoms with Crippen molar-refractivity contribution in [3.8, 4) is 5.75 Å². The molecule has 42 heavy (non-hydrogen) atoms. The average molecular weight is 589 g/mol. The molecule has 218 valence electrons. The molecule has 1 amide bonds. The number of ether oxygens (including phenoxy) is 1. The molecule has 4 aromatic carbocycles. The third-order valence-electron chi connectivity index (χ3n) is 7.32. The van der Waals surface area contributed by atoms with E-state index in [4.69, 9.17) is 4.74 Å². The molecule has 0 bridgehead atoms. The van der Waals surface area contributed by atoms with E-state index >= 15 is 0 Å². The molecule has 0 radical (unpaired) electrons. The van der Waals surface area contributed by atoms with Crippen LogP contribution in [0.25, 0.3) is 0 Å². The van der Waals surface area contributed by atoms with E-state index in [0.717, 1.165) is 17.0 Å². The molecule has 0 aromatic heterocycles. The number of methoxy groups -OCH3 is 1. The van der Waals surface area contributed by atoms with E-state index in [-0.39, 0.29) is 16.1 Å². The van der Waals surface area contributed by atoms with E-state index in [0.29, 0.717) is 31.9 Å². The van der Waals surface area contributed by atoms with Crippen LogP contribution in [-0.2, 0) is 10.0 Å². The van der Waals surface area contributed by atoms with Crippen LogP contribution in [-0.4, -0.2) is 47.6 Å². The molecular weight excluding hydrogens is 555 g/mol. The number of rotatable bonds is 9. The second-order valence-corrected chi connectivity index (χ2v) is 11.7. The Morgan fingerprint density at radius 3 is 2.17 bits per heavy atom. The van der Waals surface area contributed by atoms with Gasteiger partial charge in [-0.05, 0) is 67.1 Å². The molecule has 1 aliphatic heterocycles. The second kappa shape index (κ2) is 12.6. The Balaban J connectivity index is 1.42. The van der Waals surface area contributed by atoms with Gasteiger partial charge in [-0.1, -0.05) is 42.5 Å². The number of hydrogen-bond acceptors (Lipinski definition) is 6. The van der Waals surface area contributed by atoms with Crippen molar-refractivity contribution in [2.24, 2.45) is 0 Å². The van der Waals surface area contributed by atoms with Crippen molar-refractivity contribution in [3.05, 3.63) is 114 Å². The van der Waals surface area contributed by atoms with Crippen LogP contribution in [0.5, 0.6) is 5.75 Å². The van der Waals surface area contributed by atoms with Crippen LogP contribution < -0.4 is 24.6 Å². The summed E-state index contributed by atoms with van der Waals surface area (Å²) in [6.45, 7) is 4.33. The number of piperazine rings is 1. The van der Waals surface area contributed by atoms with Gasteiger partial charge in [0.25, 0.3) is 5.91 Å². The summed E-state index contributed by atoms with van der Waals surface area (Å²) in [6.07, 6.45) is 0. The highest BCUT2D eigenvalue weighted by Gasteiger charge is 2.27. The summed E-state index contributed by atoms with van der Waals surface area (Å²) < 4.78 is 50.0. The quantitative estimate of drug-likeness (QED) is 0.270. The number of anilines is 3. The minimum atomic E-state index is -4.04. The molecule has 0 aliphatic carbocycles. The smallest absolute Gasteiger partial charge is 0.258 e. The standard InChI is InChI=1S/C32H33FN4O4S/c1-23(24-8-4-3-5-9-24)35-42(39,40)31-22-25(34-32(38)28-10-6-7-11-29(28)33)12-17-30(31)37-20-18-36(19-21-37)26-13-15-27(41-2)16-14-26/h3-17,22-23,35H,18-21H2,1-2H3,(H,34,38)/t23-/m0/s1. The number of carbonyl (C=O) groups is 1. The van der Waals surface area contributed by atoms with Gasteiger partial charge >= 0.3 is 0 Å². The summed E-state index contributed by atoms with van der Waals surface area (Å²) in [7, 11) is -2.41. The normalized spacial score (nSPS) is 14.4. The van der Waals surface area contributed by atoms with Gasteiger partial charge in [0, 0.05) is 43.6 Å². The topological polar surface area (TPSA) is 91.0 Å². The SMILES string of the molecule is COc1ccc(N2CCN(c3ccc(NC(=O)c4ccccc4F)cc3S(=O)(=O)N[C@@H](C)c3ccccc3)CC2)cc1. The summed E-state index contributed by atoms with van der Waals surface area (Å²) in [6, 6.07) is 27.1. The van der Waals surface area contributed by atoms with Crippen molar-refractivity contribution >= 4 is 33.0 Å². The summed E-state index contributed by atoms with van der Waals surface area (Å²) in [5.74, 6) is -0.540. The monoisotopic (exact) mass is 588 g/mol. The van der Waals surface area contributed by atoms with E-state index in [9.17, 15) is 17.6 Å². The molecule has 4 aromatic rings. The van der Waals surface area contributed by atoms with Gasteiger partial charge in [-0.25, -0.2) is 17.5 Å². The van der Waals surface area contributed by atoms with E-state index < -0.39 is 27.8 Å². The van der Waals surface area contributed by atoms with Crippen molar-refractivity contribution in [1.82, 2.24) is 4.72 Å². The lowest BCUT2D eigenvalue weighted by Gasteiger charge is -2.38. The van der Waals surface area contributed by atoms with E-state index in [1.807, 2.05) is 59.5 Å². The first kappa shape index (κ1) is 29.1. The summed E-state index contributed by atoms with van der Waals surface area (Å²) >= 11 is 0. The minimum absolute atomic E-state index is 0.0366. The minimum Gasteiger partial charge on any atom is -0.497 e. The van der Waals surface area contributed by atoms with Gasteiger partial charge in [-0.2, -0.15) is 0 Å². The van der Waals surface area contributed by atoms with Gasteiger partial charge in [0.2, 0.25) is 10.0 Å². The number of nitrogens with zero attached hydrogens (tertiary/aromatic N) is 2. The van der Waals surface area contributed by atoms with Gasteiger partial charge in [0.15, 0.2) is 0 Å². The van der Waals surface area contributed by atoms with Gasteiger partial charge in [0.1, 0.15) is 16.5 Å². The summed E-state index contributed by atoms with van der Waals surface area (Å²) in [4.78, 5) is 17.1. The Hall–Kier alpha value is -4.41. The van der Waals surface area contributed by atoms with Gasteiger partial charge < -0.3 is 19.9 Å². The lowest BCUT2D eigenvalue weighted by atomic mass is 10.1. The van der Waals surface area contributed by atoms with Crippen LogP contribution in [0.2, 0.25) is 0 Å². The third-order valence-corrected chi connectivity index (χ3v) is 8.88. The van der Waals surface area contributed by atoms with Gasteiger partial charge in [0.05, 0.1) is 18.4 Å². The summed E-state index contributed by atoms with van der Waals surface area (Å²) in [5, 5.41) is 2.66. The first-order chi connectivity index (χ1) is 20.2. The maximum atomic E-state index is 14.2. The van der Waals surface area contributed by atoms with Crippen LogP contribution in [0.3, 0.4) is 0 Å². The highest BCUT2D eigenvalue weighted by atomic mass is 32.2. The Morgan fingerprint density at radius 2 is 1.50 bits per heavy atom. The van der Waals surface area contributed by atoms with Gasteiger partial charge in [-0.15, -0.1) is 0 Å². The number of carbonyl (C=O) groups excluding carboxylic acids is 1. The maximum absolute atomic E-state index is 14.2. The maximum Gasteiger partial charge on any atom is 0.258 e. The van der Waals surface area contributed by atoms with Crippen LogP contribution in [0, 0.1) is 5.82 Å². The largest absolute Gasteiger partial charge is 0.497 e. The second-order valence-electron chi connectivity index (χ2n) is 10.0. The fraction of sp³-hybridized carbons (Fsp3) is 0.219. The average Bonchev–Trinajstić information content (AvgIpc) is 3.01.